The zero-order valence-corrected chi connectivity index (χ0v) is 24.0. The Labute approximate surface area is 245 Å². The third-order valence-corrected chi connectivity index (χ3v) is 8.06. The van der Waals surface area contributed by atoms with Gasteiger partial charge >= 0.3 is 0 Å². The fourth-order valence-electron chi connectivity index (χ4n) is 5.10. The van der Waals surface area contributed by atoms with Crippen LogP contribution in [0.3, 0.4) is 0 Å². The van der Waals surface area contributed by atoms with Crippen molar-refractivity contribution in [3.8, 4) is 22.5 Å². The highest BCUT2D eigenvalue weighted by molar-refractivity contribution is 7.99. The lowest BCUT2D eigenvalue weighted by molar-refractivity contribution is 0.0964. The highest BCUT2D eigenvalue weighted by Gasteiger charge is 2.24. The van der Waals surface area contributed by atoms with Crippen LogP contribution >= 0.6 is 11.9 Å². The third-order valence-electron chi connectivity index (χ3n) is 7.31. The Kier molecular flexibility index (Phi) is 7.26. The van der Waals surface area contributed by atoms with Gasteiger partial charge in [0, 0.05) is 42.9 Å². The smallest absolute Gasteiger partial charge is 0.261 e. The van der Waals surface area contributed by atoms with Crippen LogP contribution in [0.1, 0.15) is 15.9 Å². The molecular weight excluding hydrogens is 551 g/mol. The molecule has 0 aliphatic heterocycles. The summed E-state index contributed by atoms with van der Waals surface area (Å²) < 4.78 is 23.5. The molecule has 9 heteroatoms. The van der Waals surface area contributed by atoms with E-state index >= 15 is 0 Å². The van der Waals surface area contributed by atoms with Gasteiger partial charge in [-0.05, 0) is 53.6 Å². The van der Waals surface area contributed by atoms with E-state index in [-0.39, 0.29) is 17.3 Å². The SMILES string of the molecule is CNC(=O)c1c(-c2ccc(F)cc2)oc2cc(N(C)SC)c(-c3ccc4ncn(Cc5ccccc5)c(=O)c4c3)cc12. The van der Waals surface area contributed by atoms with Crippen LogP contribution in [0.15, 0.2) is 100 Å². The van der Waals surface area contributed by atoms with Gasteiger partial charge in [0.1, 0.15) is 17.2 Å². The minimum absolute atomic E-state index is 0.139. The molecule has 7 nitrogen and oxygen atoms in total. The maximum absolute atomic E-state index is 13.7. The van der Waals surface area contributed by atoms with Gasteiger partial charge in [0.05, 0.1) is 35.0 Å². The number of carbonyl (C=O) groups is 1. The van der Waals surface area contributed by atoms with Gasteiger partial charge in [-0.3, -0.25) is 14.2 Å². The van der Waals surface area contributed by atoms with E-state index in [1.165, 1.54) is 24.1 Å². The molecule has 0 bridgehead atoms. The molecule has 0 saturated carbocycles. The number of hydrogen-bond acceptors (Lipinski definition) is 6. The second-order valence-corrected chi connectivity index (χ2v) is 10.7. The fraction of sp³-hybridized carbons (Fsp3) is 0.121. The molecule has 0 aliphatic rings. The molecule has 0 radical (unpaired) electrons. The predicted molar refractivity (Wildman–Crippen MR) is 167 cm³/mol. The predicted octanol–water partition coefficient (Wildman–Crippen LogP) is 6.74. The Bertz CT molecular complexity index is 2000. The summed E-state index contributed by atoms with van der Waals surface area (Å²) in [6.45, 7) is 0.413. The van der Waals surface area contributed by atoms with Crippen LogP contribution in [-0.4, -0.2) is 35.8 Å². The Morgan fingerprint density at radius 1 is 1.00 bits per heavy atom. The van der Waals surface area contributed by atoms with Crippen LogP contribution in [0.25, 0.3) is 44.3 Å². The standard InChI is InChI=1S/C33H27FN4O3S/c1-35-32(39)30-26-16-24(28(37(2)42-3)17-29(26)41-31(30)21-9-12-23(34)13-10-21)22-11-14-27-25(15-22)33(40)38(19-36-27)18-20-7-5-4-6-8-20/h4-17,19H,18H2,1-3H3,(H,35,39). The van der Waals surface area contributed by atoms with Crippen LogP contribution in [0.2, 0.25) is 0 Å². The van der Waals surface area contributed by atoms with Crippen molar-refractivity contribution in [2.24, 2.45) is 0 Å². The Hall–Kier alpha value is -4.89. The van der Waals surface area contributed by atoms with Crippen LogP contribution in [0.5, 0.6) is 0 Å². The van der Waals surface area contributed by atoms with Crippen molar-refractivity contribution in [1.82, 2.24) is 14.9 Å². The molecule has 6 rings (SSSR count). The van der Waals surface area contributed by atoms with E-state index in [2.05, 4.69) is 10.3 Å². The summed E-state index contributed by atoms with van der Waals surface area (Å²) in [5, 5.41) is 3.81. The highest BCUT2D eigenvalue weighted by atomic mass is 32.2. The van der Waals surface area contributed by atoms with E-state index < -0.39 is 0 Å². The molecule has 2 aromatic heterocycles. The maximum atomic E-state index is 13.7. The number of furan rings is 1. The van der Waals surface area contributed by atoms with Crippen LogP contribution in [0.4, 0.5) is 10.1 Å². The second kappa shape index (κ2) is 11.2. The van der Waals surface area contributed by atoms with Crippen molar-refractivity contribution in [2.75, 3.05) is 24.7 Å². The lowest BCUT2D eigenvalue weighted by Gasteiger charge is -2.20. The first-order chi connectivity index (χ1) is 20.4. The normalized spacial score (nSPS) is 11.2. The van der Waals surface area contributed by atoms with Crippen molar-refractivity contribution >= 4 is 45.4 Å². The van der Waals surface area contributed by atoms with Gasteiger partial charge in [0.15, 0.2) is 0 Å². The molecule has 0 atom stereocenters. The molecule has 0 saturated heterocycles. The zero-order chi connectivity index (χ0) is 29.4. The molecule has 1 amide bonds. The van der Waals surface area contributed by atoms with E-state index in [9.17, 15) is 14.0 Å². The van der Waals surface area contributed by atoms with Crippen molar-refractivity contribution in [3.63, 3.8) is 0 Å². The average molecular weight is 579 g/mol. The number of benzene rings is 4. The summed E-state index contributed by atoms with van der Waals surface area (Å²) in [5.41, 5.74) is 5.37. The summed E-state index contributed by atoms with van der Waals surface area (Å²) in [7, 11) is 3.50. The number of hydrogen-bond donors (Lipinski definition) is 1. The zero-order valence-electron chi connectivity index (χ0n) is 23.2. The van der Waals surface area contributed by atoms with E-state index in [1.54, 1.807) is 30.1 Å². The number of nitrogens with zero attached hydrogens (tertiary/aromatic N) is 3. The van der Waals surface area contributed by atoms with Crippen LogP contribution in [-0.2, 0) is 6.54 Å². The molecule has 6 aromatic rings. The first-order valence-electron chi connectivity index (χ1n) is 13.3. The number of fused-ring (bicyclic) bond motifs is 2. The number of anilines is 1. The largest absolute Gasteiger partial charge is 0.455 e. The molecule has 0 fully saturated rings. The fourth-order valence-corrected chi connectivity index (χ4v) is 5.44. The summed E-state index contributed by atoms with van der Waals surface area (Å²) in [6, 6.07) is 25.0. The summed E-state index contributed by atoms with van der Waals surface area (Å²) in [5.74, 6) is -0.349. The minimum atomic E-state index is -0.379. The van der Waals surface area contributed by atoms with Gasteiger partial charge in [0.2, 0.25) is 0 Å². The third kappa shape index (κ3) is 4.92. The molecular formula is C33H27FN4O3S. The van der Waals surface area contributed by atoms with Gasteiger partial charge in [-0.1, -0.05) is 48.3 Å². The van der Waals surface area contributed by atoms with E-state index in [0.29, 0.717) is 45.3 Å². The lowest BCUT2D eigenvalue weighted by Crippen LogP contribution is -2.21. The molecule has 0 aliphatic carbocycles. The minimum Gasteiger partial charge on any atom is -0.455 e. The van der Waals surface area contributed by atoms with Gasteiger partial charge < -0.3 is 14.0 Å². The first-order valence-corrected chi connectivity index (χ1v) is 14.5. The van der Waals surface area contributed by atoms with Crippen LogP contribution < -0.4 is 15.2 Å². The van der Waals surface area contributed by atoms with Crippen molar-refractivity contribution in [3.05, 3.63) is 119 Å². The molecule has 0 unspecified atom stereocenters. The summed E-state index contributed by atoms with van der Waals surface area (Å²) >= 11 is 1.52. The van der Waals surface area contributed by atoms with Crippen molar-refractivity contribution in [2.45, 2.75) is 6.54 Å². The van der Waals surface area contributed by atoms with E-state index in [0.717, 1.165) is 22.4 Å². The number of rotatable bonds is 7. The Morgan fingerprint density at radius 3 is 2.45 bits per heavy atom. The summed E-state index contributed by atoms with van der Waals surface area (Å²) in [6.07, 6.45) is 3.54. The van der Waals surface area contributed by atoms with Gasteiger partial charge in [0.25, 0.3) is 11.5 Å². The van der Waals surface area contributed by atoms with E-state index in [4.69, 9.17) is 4.42 Å². The Morgan fingerprint density at radius 2 is 1.74 bits per heavy atom. The maximum Gasteiger partial charge on any atom is 0.261 e. The van der Waals surface area contributed by atoms with Crippen LogP contribution in [0, 0.1) is 5.82 Å². The number of nitrogens with one attached hydrogen (secondary N) is 1. The van der Waals surface area contributed by atoms with Crippen molar-refractivity contribution in [1.29, 1.82) is 0 Å². The van der Waals surface area contributed by atoms with E-state index in [1.807, 2.05) is 78.3 Å². The van der Waals surface area contributed by atoms with Gasteiger partial charge in [-0.2, -0.15) is 0 Å². The number of halogens is 1. The van der Waals surface area contributed by atoms with Gasteiger partial charge in [-0.15, -0.1) is 0 Å². The Balaban J connectivity index is 1.56. The van der Waals surface area contributed by atoms with Crippen molar-refractivity contribution < 1.29 is 13.6 Å². The molecule has 1 N–H and O–H groups in total. The quantitative estimate of drug-likeness (QED) is 0.212. The first kappa shape index (κ1) is 27.3. The average Bonchev–Trinajstić information content (AvgIpc) is 3.40. The molecule has 2 heterocycles. The number of carbonyl (C=O) groups excluding carboxylic acids is 1. The summed E-state index contributed by atoms with van der Waals surface area (Å²) in [4.78, 5) is 31.3. The number of amides is 1. The highest BCUT2D eigenvalue weighted by Crippen LogP contribution is 2.42. The molecule has 4 aromatic carbocycles. The molecule has 210 valence electrons. The van der Waals surface area contributed by atoms with Gasteiger partial charge in [-0.25, -0.2) is 9.37 Å². The number of aromatic nitrogens is 2. The molecule has 0 spiro atoms. The monoisotopic (exact) mass is 578 g/mol. The lowest BCUT2D eigenvalue weighted by atomic mass is 9.97. The second-order valence-electron chi connectivity index (χ2n) is 9.83. The molecule has 42 heavy (non-hydrogen) atoms. The topological polar surface area (TPSA) is 80.4 Å².